The fourth-order valence-corrected chi connectivity index (χ4v) is 2.82. The van der Waals surface area contributed by atoms with Crippen LogP contribution >= 0.6 is 0 Å². The first-order valence-electron chi connectivity index (χ1n) is 7.53. The molecule has 0 radical (unpaired) electrons. The predicted molar refractivity (Wildman–Crippen MR) is 87.4 cm³/mol. The van der Waals surface area contributed by atoms with E-state index in [1.807, 2.05) is 18.2 Å². The average Bonchev–Trinajstić information content (AvgIpc) is 2.85. The molecular formula is C19H21NO. The van der Waals surface area contributed by atoms with Gasteiger partial charge in [0.2, 0.25) is 0 Å². The average molecular weight is 279 g/mol. The molecule has 0 saturated carbocycles. The first kappa shape index (κ1) is 13.9. The summed E-state index contributed by atoms with van der Waals surface area (Å²) in [4.78, 5) is 0. The third kappa shape index (κ3) is 2.59. The second-order valence-electron chi connectivity index (χ2n) is 5.56. The molecule has 0 spiro atoms. The summed E-state index contributed by atoms with van der Waals surface area (Å²) in [5.74, 6) is 0.861. The van der Waals surface area contributed by atoms with Gasteiger partial charge in [-0.15, -0.1) is 0 Å². The largest absolute Gasteiger partial charge is 0.459 e. The van der Waals surface area contributed by atoms with Crippen molar-refractivity contribution in [2.75, 3.05) is 0 Å². The molecule has 2 heteroatoms. The highest BCUT2D eigenvalue weighted by atomic mass is 16.3. The van der Waals surface area contributed by atoms with E-state index < -0.39 is 0 Å². The van der Waals surface area contributed by atoms with Crippen molar-refractivity contribution in [3.8, 4) is 0 Å². The van der Waals surface area contributed by atoms with Crippen LogP contribution in [0.2, 0.25) is 0 Å². The van der Waals surface area contributed by atoms with Gasteiger partial charge in [0.05, 0.1) is 6.04 Å². The third-order valence-corrected chi connectivity index (χ3v) is 4.04. The van der Waals surface area contributed by atoms with Crippen LogP contribution in [0.15, 0.2) is 52.9 Å². The van der Waals surface area contributed by atoms with Crippen LogP contribution in [-0.4, -0.2) is 0 Å². The molecule has 1 aromatic heterocycles. The van der Waals surface area contributed by atoms with Gasteiger partial charge >= 0.3 is 0 Å². The minimum Gasteiger partial charge on any atom is -0.459 e. The SMILES string of the molecule is CCCc1ccc(C(N)c2oc3ccccc3c2C)cc1. The number of hydrogen-bond donors (Lipinski definition) is 1. The second-order valence-corrected chi connectivity index (χ2v) is 5.56. The molecule has 0 fully saturated rings. The number of aryl methyl sites for hydroxylation is 2. The van der Waals surface area contributed by atoms with Gasteiger partial charge in [-0.3, -0.25) is 0 Å². The monoisotopic (exact) mass is 279 g/mol. The number of rotatable bonds is 4. The second kappa shape index (κ2) is 5.74. The van der Waals surface area contributed by atoms with Gasteiger partial charge in [-0.1, -0.05) is 55.8 Å². The summed E-state index contributed by atoms with van der Waals surface area (Å²) in [6, 6.07) is 16.4. The van der Waals surface area contributed by atoms with Crippen LogP contribution in [-0.2, 0) is 6.42 Å². The Morgan fingerprint density at radius 3 is 2.43 bits per heavy atom. The quantitative estimate of drug-likeness (QED) is 0.749. The van der Waals surface area contributed by atoms with Gasteiger partial charge in [0.15, 0.2) is 0 Å². The van der Waals surface area contributed by atoms with Crippen molar-refractivity contribution in [1.82, 2.24) is 0 Å². The summed E-state index contributed by atoms with van der Waals surface area (Å²) >= 11 is 0. The van der Waals surface area contributed by atoms with Crippen LogP contribution in [0.1, 0.15) is 41.8 Å². The molecule has 3 aromatic rings. The number of furan rings is 1. The zero-order chi connectivity index (χ0) is 14.8. The highest BCUT2D eigenvalue weighted by Crippen LogP contribution is 2.31. The van der Waals surface area contributed by atoms with E-state index in [1.54, 1.807) is 0 Å². The molecule has 2 N–H and O–H groups in total. The first-order valence-corrected chi connectivity index (χ1v) is 7.53. The molecule has 0 aliphatic rings. The Bertz CT molecular complexity index is 740. The van der Waals surface area contributed by atoms with Crippen molar-refractivity contribution in [1.29, 1.82) is 0 Å². The molecule has 1 heterocycles. The van der Waals surface area contributed by atoms with Gasteiger partial charge in [-0.25, -0.2) is 0 Å². The van der Waals surface area contributed by atoms with Crippen LogP contribution in [0, 0.1) is 6.92 Å². The minimum atomic E-state index is -0.215. The van der Waals surface area contributed by atoms with Crippen molar-refractivity contribution in [3.05, 3.63) is 71.0 Å². The maximum Gasteiger partial charge on any atom is 0.134 e. The Morgan fingerprint density at radius 2 is 1.76 bits per heavy atom. The number of nitrogens with two attached hydrogens (primary N) is 1. The summed E-state index contributed by atoms with van der Waals surface area (Å²) in [6.07, 6.45) is 2.27. The molecule has 21 heavy (non-hydrogen) atoms. The minimum absolute atomic E-state index is 0.215. The van der Waals surface area contributed by atoms with E-state index >= 15 is 0 Å². The van der Waals surface area contributed by atoms with Crippen molar-refractivity contribution >= 4 is 11.0 Å². The fraction of sp³-hybridized carbons (Fsp3) is 0.263. The van der Waals surface area contributed by atoms with E-state index in [2.05, 4.69) is 44.2 Å². The van der Waals surface area contributed by atoms with E-state index in [0.29, 0.717) is 0 Å². The van der Waals surface area contributed by atoms with Crippen molar-refractivity contribution in [2.45, 2.75) is 32.7 Å². The Kier molecular flexibility index (Phi) is 3.80. The molecule has 2 nitrogen and oxygen atoms in total. The van der Waals surface area contributed by atoms with E-state index in [9.17, 15) is 0 Å². The van der Waals surface area contributed by atoms with Crippen LogP contribution in [0.4, 0.5) is 0 Å². The van der Waals surface area contributed by atoms with E-state index in [4.69, 9.17) is 10.2 Å². The zero-order valence-electron chi connectivity index (χ0n) is 12.6. The van der Waals surface area contributed by atoms with E-state index in [-0.39, 0.29) is 6.04 Å². The first-order chi connectivity index (χ1) is 10.2. The number of benzene rings is 2. The van der Waals surface area contributed by atoms with Gasteiger partial charge < -0.3 is 10.2 Å². The molecule has 0 amide bonds. The molecule has 108 valence electrons. The molecule has 0 bridgehead atoms. The molecule has 3 rings (SSSR count). The molecule has 2 aromatic carbocycles. The zero-order valence-corrected chi connectivity index (χ0v) is 12.6. The van der Waals surface area contributed by atoms with E-state index in [0.717, 1.165) is 40.7 Å². The maximum absolute atomic E-state index is 6.41. The smallest absolute Gasteiger partial charge is 0.134 e. The number of para-hydroxylation sites is 1. The lowest BCUT2D eigenvalue weighted by molar-refractivity contribution is 0.521. The van der Waals surface area contributed by atoms with Gasteiger partial charge in [0.25, 0.3) is 0 Å². The molecule has 1 atom stereocenters. The maximum atomic E-state index is 6.41. The van der Waals surface area contributed by atoms with Crippen LogP contribution in [0.5, 0.6) is 0 Å². The summed E-state index contributed by atoms with van der Waals surface area (Å²) in [5, 5.41) is 1.14. The number of fused-ring (bicyclic) bond motifs is 1. The highest BCUT2D eigenvalue weighted by Gasteiger charge is 2.18. The van der Waals surface area contributed by atoms with Crippen LogP contribution in [0.25, 0.3) is 11.0 Å². The molecule has 0 aliphatic carbocycles. The summed E-state index contributed by atoms with van der Waals surface area (Å²) in [5.41, 5.74) is 10.9. The van der Waals surface area contributed by atoms with Crippen LogP contribution < -0.4 is 5.73 Å². The van der Waals surface area contributed by atoms with Gasteiger partial charge in [0, 0.05) is 10.9 Å². The topological polar surface area (TPSA) is 39.2 Å². The van der Waals surface area contributed by atoms with Gasteiger partial charge in [-0.2, -0.15) is 0 Å². The Morgan fingerprint density at radius 1 is 1.05 bits per heavy atom. The van der Waals surface area contributed by atoms with Gasteiger partial charge in [0.1, 0.15) is 11.3 Å². The van der Waals surface area contributed by atoms with Crippen LogP contribution in [0.3, 0.4) is 0 Å². The summed E-state index contributed by atoms with van der Waals surface area (Å²) in [6.45, 7) is 4.27. The number of hydrogen-bond acceptors (Lipinski definition) is 2. The fourth-order valence-electron chi connectivity index (χ4n) is 2.82. The Balaban J connectivity index is 1.96. The lowest BCUT2D eigenvalue weighted by atomic mass is 9.99. The van der Waals surface area contributed by atoms with Gasteiger partial charge in [-0.05, 0) is 30.5 Å². The molecular weight excluding hydrogens is 258 g/mol. The standard InChI is InChI=1S/C19H21NO/c1-3-6-14-9-11-15(12-10-14)18(20)19-13(2)16-7-4-5-8-17(16)21-19/h4-5,7-12,18H,3,6,20H2,1-2H3. The normalized spacial score (nSPS) is 12.7. The summed E-state index contributed by atoms with van der Waals surface area (Å²) < 4.78 is 5.97. The molecule has 0 aliphatic heterocycles. The molecule has 0 saturated heterocycles. The molecule has 1 unspecified atom stereocenters. The predicted octanol–water partition coefficient (Wildman–Crippen LogP) is 4.74. The Hall–Kier alpha value is -2.06. The van der Waals surface area contributed by atoms with E-state index in [1.165, 1.54) is 5.56 Å². The summed E-state index contributed by atoms with van der Waals surface area (Å²) in [7, 11) is 0. The highest BCUT2D eigenvalue weighted by molar-refractivity contribution is 5.82. The lowest BCUT2D eigenvalue weighted by Crippen LogP contribution is -2.12. The van der Waals surface area contributed by atoms with Crippen molar-refractivity contribution in [2.24, 2.45) is 5.73 Å². The Labute approximate surface area is 125 Å². The van der Waals surface area contributed by atoms with Crippen molar-refractivity contribution in [3.63, 3.8) is 0 Å². The third-order valence-electron chi connectivity index (χ3n) is 4.04. The van der Waals surface area contributed by atoms with Crippen molar-refractivity contribution < 1.29 is 4.42 Å². The lowest BCUT2D eigenvalue weighted by Gasteiger charge is -2.11.